The van der Waals surface area contributed by atoms with Gasteiger partial charge in [0.2, 0.25) is 0 Å². The Bertz CT molecular complexity index is 642. The van der Waals surface area contributed by atoms with Crippen molar-refractivity contribution in [3.05, 3.63) is 27.0 Å². The Kier molecular flexibility index (Phi) is 4.86. The lowest BCUT2D eigenvalue weighted by atomic mass is 10.0. The van der Waals surface area contributed by atoms with E-state index < -0.39 is 28.6 Å². The number of nitrogens with zero attached hydrogens (tertiary/aromatic N) is 1. The largest absolute Gasteiger partial charge is 0.462 e. The van der Waals surface area contributed by atoms with E-state index in [1.807, 2.05) is 0 Å². The van der Waals surface area contributed by atoms with Crippen LogP contribution in [0.3, 0.4) is 0 Å². The van der Waals surface area contributed by atoms with Crippen LogP contribution in [0.5, 0.6) is 0 Å². The van der Waals surface area contributed by atoms with Gasteiger partial charge in [-0.2, -0.15) is 5.26 Å². The van der Waals surface area contributed by atoms with E-state index in [1.54, 1.807) is 19.9 Å². The van der Waals surface area contributed by atoms with E-state index in [-0.39, 0.29) is 24.6 Å². The minimum atomic E-state index is -0.982. The number of nitrogen functional groups attached to an aromatic ring is 1. The highest BCUT2D eigenvalue weighted by molar-refractivity contribution is 6.07. The molecule has 1 aromatic rings. The van der Waals surface area contributed by atoms with E-state index in [2.05, 4.69) is 4.98 Å². The molecule has 0 atom stereocenters. The second-order valence-corrected chi connectivity index (χ2v) is 3.55. The summed E-state index contributed by atoms with van der Waals surface area (Å²) in [4.78, 5) is 37.4. The highest BCUT2D eigenvalue weighted by atomic mass is 16.5. The van der Waals surface area contributed by atoms with Crippen LogP contribution in [0, 0.1) is 11.3 Å². The van der Waals surface area contributed by atoms with Crippen LogP contribution >= 0.6 is 0 Å². The first-order valence-corrected chi connectivity index (χ1v) is 5.77. The molecule has 0 unspecified atom stereocenters. The summed E-state index contributed by atoms with van der Waals surface area (Å²) in [5, 5.41) is 8.97. The van der Waals surface area contributed by atoms with Crippen molar-refractivity contribution in [3.8, 4) is 6.07 Å². The van der Waals surface area contributed by atoms with E-state index in [0.717, 1.165) is 0 Å². The number of carbonyl (C=O) groups is 2. The number of hydrogen-bond acceptors (Lipinski definition) is 7. The number of pyridine rings is 1. The predicted molar refractivity (Wildman–Crippen MR) is 68.1 cm³/mol. The zero-order valence-electron chi connectivity index (χ0n) is 11.0. The van der Waals surface area contributed by atoms with Crippen molar-refractivity contribution in [3.63, 3.8) is 0 Å². The summed E-state index contributed by atoms with van der Waals surface area (Å²) in [5.41, 5.74) is 3.27. The summed E-state index contributed by atoms with van der Waals surface area (Å²) in [7, 11) is 0. The van der Waals surface area contributed by atoms with Crippen molar-refractivity contribution >= 4 is 17.8 Å². The number of rotatable bonds is 4. The van der Waals surface area contributed by atoms with Gasteiger partial charge in [0.1, 0.15) is 28.6 Å². The average molecular weight is 279 g/mol. The van der Waals surface area contributed by atoms with Crippen molar-refractivity contribution in [2.24, 2.45) is 0 Å². The molecule has 0 aliphatic carbocycles. The van der Waals surface area contributed by atoms with Gasteiger partial charge in [0, 0.05) is 0 Å². The Morgan fingerprint density at radius 2 is 1.70 bits per heavy atom. The van der Waals surface area contributed by atoms with Crippen LogP contribution in [0.4, 0.5) is 5.82 Å². The fourth-order valence-corrected chi connectivity index (χ4v) is 1.55. The minimum absolute atomic E-state index is 0.0126. The number of nitrogens with one attached hydrogen (secondary N) is 1. The lowest BCUT2D eigenvalue weighted by Gasteiger charge is -2.11. The number of nitriles is 1. The van der Waals surface area contributed by atoms with Crippen LogP contribution in [-0.2, 0) is 9.47 Å². The highest BCUT2D eigenvalue weighted by Crippen LogP contribution is 2.19. The first-order chi connectivity index (χ1) is 9.47. The Labute approximate surface area is 114 Å². The summed E-state index contributed by atoms with van der Waals surface area (Å²) >= 11 is 0. The van der Waals surface area contributed by atoms with Crippen molar-refractivity contribution in [1.82, 2.24) is 4.98 Å². The van der Waals surface area contributed by atoms with E-state index in [9.17, 15) is 14.4 Å². The molecular weight excluding hydrogens is 266 g/mol. The van der Waals surface area contributed by atoms with Gasteiger partial charge in [-0.25, -0.2) is 9.59 Å². The molecule has 0 bridgehead atoms. The molecule has 0 spiro atoms. The number of carbonyl (C=O) groups excluding carboxylic acids is 2. The number of hydrogen-bond donors (Lipinski definition) is 2. The first kappa shape index (κ1) is 15.2. The lowest BCUT2D eigenvalue weighted by molar-refractivity contribution is 0.0479. The second-order valence-electron chi connectivity index (χ2n) is 3.55. The third-order valence-corrected chi connectivity index (χ3v) is 2.32. The number of anilines is 1. The molecule has 8 heteroatoms. The van der Waals surface area contributed by atoms with Gasteiger partial charge >= 0.3 is 11.9 Å². The van der Waals surface area contributed by atoms with Crippen molar-refractivity contribution in [2.45, 2.75) is 13.8 Å². The molecule has 0 radical (unpaired) electrons. The Hall–Kier alpha value is -2.82. The number of H-pyrrole nitrogens is 1. The highest BCUT2D eigenvalue weighted by Gasteiger charge is 2.28. The Balaban J connectivity index is 3.64. The standard InChI is InChI=1S/C12H13N3O5/c1-3-19-11(17)7-6(5-13)10(16)15-9(14)8(7)12(18)20-4-2/h3-4H2,1-2H3,(H3,14,15,16). The topological polar surface area (TPSA) is 135 Å². The van der Waals surface area contributed by atoms with Crippen molar-refractivity contribution in [1.29, 1.82) is 5.26 Å². The summed E-state index contributed by atoms with van der Waals surface area (Å²) in [6.07, 6.45) is 0. The molecule has 3 N–H and O–H groups in total. The van der Waals surface area contributed by atoms with Gasteiger partial charge in [0.15, 0.2) is 0 Å². The van der Waals surface area contributed by atoms with Gasteiger partial charge in [-0.15, -0.1) is 0 Å². The molecule has 0 aromatic carbocycles. The van der Waals surface area contributed by atoms with E-state index in [1.165, 1.54) is 0 Å². The van der Waals surface area contributed by atoms with Crippen LogP contribution in [0.25, 0.3) is 0 Å². The molecule has 20 heavy (non-hydrogen) atoms. The minimum Gasteiger partial charge on any atom is -0.462 e. The van der Waals surface area contributed by atoms with Crippen LogP contribution < -0.4 is 11.3 Å². The molecular formula is C12H13N3O5. The van der Waals surface area contributed by atoms with Crippen molar-refractivity contribution in [2.75, 3.05) is 18.9 Å². The van der Waals surface area contributed by atoms with Crippen LogP contribution in [-0.4, -0.2) is 30.1 Å². The number of ether oxygens (including phenoxy) is 2. The molecule has 0 saturated heterocycles. The maximum Gasteiger partial charge on any atom is 0.342 e. The maximum atomic E-state index is 11.9. The average Bonchev–Trinajstić information content (AvgIpc) is 2.38. The van der Waals surface area contributed by atoms with Gasteiger partial charge in [-0.3, -0.25) is 4.79 Å². The van der Waals surface area contributed by atoms with Gasteiger partial charge in [0.05, 0.1) is 13.2 Å². The van der Waals surface area contributed by atoms with E-state index in [0.29, 0.717) is 0 Å². The molecule has 1 heterocycles. The number of aromatic amines is 1. The van der Waals surface area contributed by atoms with Gasteiger partial charge in [0.25, 0.3) is 5.56 Å². The number of esters is 2. The fraction of sp³-hybridized carbons (Fsp3) is 0.333. The smallest absolute Gasteiger partial charge is 0.342 e. The number of nitrogens with two attached hydrogens (primary N) is 1. The zero-order valence-corrected chi connectivity index (χ0v) is 11.0. The van der Waals surface area contributed by atoms with E-state index >= 15 is 0 Å². The molecule has 1 aromatic heterocycles. The van der Waals surface area contributed by atoms with Crippen molar-refractivity contribution < 1.29 is 19.1 Å². The van der Waals surface area contributed by atoms with E-state index in [4.69, 9.17) is 20.5 Å². The molecule has 1 rings (SSSR count). The Morgan fingerprint density at radius 1 is 1.20 bits per heavy atom. The molecule has 106 valence electrons. The lowest BCUT2D eigenvalue weighted by Crippen LogP contribution is -2.25. The maximum absolute atomic E-state index is 11.9. The third kappa shape index (κ3) is 2.77. The third-order valence-electron chi connectivity index (χ3n) is 2.32. The molecule has 0 fully saturated rings. The van der Waals surface area contributed by atoms with Crippen LogP contribution in [0.1, 0.15) is 40.1 Å². The van der Waals surface area contributed by atoms with Crippen LogP contribution in [0.15, 0.2) is 4.79 Å². The Morgan fingerprint density at radius 3 is 2.15 bits per heavy atom. The van der Waals surface area contributed by atoms with Gasteiger partial charge in [-0.1, -0.05) is 0 Å². The van der Waals surface area contributed by atoms with Gasteiger partial charge in [-0.05, 0) is 13.8 Å². The summed E-state index contributed by atoms with van der Waals surface area (Å²) < 4.78 is 9.50. The second kappa shape index (κ2) is 6.38. The molecule has 0 aliphatic heterocycles. The fourth-order valence-electron chi connectivity index (χ4n) is 1.55. The van der Waals surface area contributed by atoms with Crippen LogP contribution in [0.2, 0.25) is 0 Å². The predicted octanol–water partition coefficient (Wildman–Crippen LogP) is 0.182. The SMILES string of the molecule is CCOC(=O)c1c(N)[nH]c(=O)c(C#N)c1C(=O)OCC. The summed E-state index contributed by atoms with van der Waals surface area (Å²) in [6, 6.07) is 1.56. The quantitative estimate of drug-likeness (QED) is 0.750. The first-order valence-electron chi connectivity index (χ1n) is 5.77. The number of aromatic nitrogens is 1. The molecule has 0 aliphatic rings. The molecule has 0 amide bonds. The summed E-state index contributed by atoms with van der Waals surface area (Å²) in [5.74, 6) is -2.25. The monoisotopic (exact) mass is 279 g/mol. The van der Waals surface area contributed by atoms with Gasteiger partial charge < -0.3 is 20.2 Å². The zero-order chi connectivity index (χ0) is 15.3. The summed E-state index contributed by atoms with van der Waals surface area (Å²) in [6.45, 7) is 3.17. The molecule has 0 saturated carbocycles. The molecule has 8 nitrogen and oxygen atoms in total. The normalized spacial score (nSPS) is 9.65.